The molecule has 1 saturated heterocycles. The normalized spacial score (nSPS) is 19.7. The van der Waals surface area contributed by atoms with Crippen molar-refractivity contribution in [3.05, 3.63) is 23.4 Å². The summed E-state index contributed by atoms with van der Waals surface area (Å²) in [6, 6.07) is 2.35. The highest BCUT2D eigenvalue weighted by molar-refractivity contribution is 5.74. The van der Waals surface area contributed by atoms with E-state index in [1.54, 1.807) is 6.92 Å². The molecule has 1 atom stereocenters. The number of piperidine rings is 1. The van der Waals surface area contributed by atoms with Crippen molar-refractivity contribution in [2.45, 2.75) is 39.2 Å². The zero-order valence-corrected chi connectivity index (χ0v) is 11.4. The lowest BCUT2D eigenvalue weighted by molar-refractivity contribution is -0.132. The largest absolute Gasteiger partial charge is 0.373 e. The lowest BCUT2D eigenvalue weighted by Crippen LogP contribution is -2.37. The second-order valence-electron chi connectivity index (χ2n) is 4.91. The number of nitrogens with zero attached hydrogens (tertiary/aromatic N) is 2. The minimum Gasteiger partial charge on any atom is -0.373 e. The molecule has 1 aliphatic heterocycles. The molecule has 0 aromatic carbocycles. The van der Waals surface area contributed by atoms with E-state index in [4.69, 9.17) is 0 Å². The second kappa shape index (κ2) is 5.38. The Morgan fingerprint density at radius 3 is 2.89 bits per heavy atom. The standard InChI is InChI=1S/C14H21N3O/c1-10-8-12(9-16-14(10)15-3)13-6-4-5-7-17(13)11(2)18/h8-9,13H,4-7H2,1-3H3,(H,15,16)/t13-/m1/s1. The molecule has 1 N–H and O–H groups in total. The van der Waals surface area contributed by atoms with E-state index in [2.05, 4.69) is 16.4 Å². The number of aromatic nitrogens is 1. The number of nitrogens with one attached hydrogen (secondary N) is 1. The van der Waals surface area contributed by atoms with Crippen molar-refractivity contribution >= 4 is 11.7 Å². The molecular formula is C14H21N3O. The summed E-state index contributed by atoms with van der Waals surface area (Å²) < 4.78 is 0. The van der Waals surface area contributed by atoms with E-state index in [-0.39, 0.29) is 11.9 Å². The Kier molecular flexibility index (Phi) is 3.84. The van der Waals surface area contributed by atoms with Crippen molar-refractivity contribution in [2.75, 3.05) is 18.9 Å². The minimum absolute atomic E-state index is 0.162. The Morgan fingerprint density at radius 2 is 2.28 bits per heavy atom. The molecule has 4 heteroatoms. The monoisotopic (exact) mass is 247 g/mol. The first-order chi connectivity index (χ1) is 8.63. The minimum atomic E-state index is 0.162. The molecule has 0 unspecified atom stereocenters. The molecule has 1 aromatic heterocycles. The Morgan fingerprint density at radius 1 is 1.50 bits per heavy atom. The summed E-state index contributed by atoms with van der Waals surface area (Å²) in [7, 11) is 1.87. The van der Waals surface area contributed by atoms with Crippen LogP contribution in [-0.4, -0.2) is 29.4 Å². The molecule has 1 amide bonds. The van der Waals surface area contributed by atoms with Crippen LogP contribution in [0.2, 0.25) is 0 Å². The molecule has 1 aliphatic rings. The number of amides is 1. The van der Waals surface area contributed by atoms with Gasteiger partial charge in [-0.2, -0.15) is 0 Å². The highest BCUT2D eigenvalue weighted by atomic mass is 16.2. The van der Waals surface area contributed by atoms with Gasteiger partial charge in [-0.05, 0) is 43.4 Å². The Hall–Kier alpha value is -1.58. The zero-order valence-electron chi connectivity index (χ0n) is 11.4. The van der Waals surface area contributed by atoms with Crippen LogP contribution >= 0.6 is 0 Å². The van der Waals surface area contributed by atoms with E-state index in [0.29, 0.717) is 0 Å². The third kappa shape index (κ3) is 2.47. The Bertz CT molecular complexity index is 445. The number of carbonyl (C=O) groups excluding carboxylic acids is 1. The first-order valence-corrected chi connectivity index (χ1v) is 6.55. The van der Waals surface area contributed by atoms with Crippen LogP contribution in [0.3, 0.4) is 0 Å². The molecule has 2 heterocycles. The molecule has 18 heavy (non-hydrogen) atoms. The van der Waals surface area contributed by atoms with E-state index in [1.807, 2.05) is 25.1 Å². The van der Waals surface area contributed by atoms with Crippen LogP contribution in [0.4, 0.5) is 5.82 Å². The molecular weight excluding hydrogens is 226 g/mol. The van der Waals surface area contributed by atoms with Gasteiger partial charge in [0.25, 0.3) is 0 Å². The van der Waals surface area contributed by atoms with Crippen molar-refractivity contribution in [3.63, 3.8) is 0 Å². The lowest BCUT2D eigenvalue weighted by Gasteiger charge is -2.35. The van der Waals surface area contributed by atoms with Gasteiger partial charge in [0.05, 0.1) is 6.04 Å². The van der Waals surface area contributed by atoms with Crippen molar-refractivity contribution in [2.24, 2.45) is 0 Å². The van der Waals surface area contributed by atoms with E-state index < -0.39 is 0 Å². The molecule has 1 aromatic rings. The van der Waals surface area contributed by atoms with Gasteiger partial charge in [-0.3, -0.25) is 4.79 Å². The van der Waals surface area contributed by atoms with Gasteiger partial charge < -0.3 is 10.2 Å². The molecule has 0 spiro atoms. The number of hydrogen-bond donors (Lipinski definition) is 1. The molecule has 0 radical (unpaired) electrons. The predicted octanol–water partition coefficient (Wildman–Crippen LogP) is 2.51. The predicted molar refractivity (Wildman–Crippen MR) is 72.5 cm³/mol. The quantitative estimate of drug-likeness (QED) is 0.873. The third-order valence-electron chi connectivity index (χ3n) is 3.63. The maximum atomic E-state index is 11.7. The second-order valence-corrected chi connectivity index (χ2v) is 4.91. The summed E-state index contributed by atoms with van der Waals surface area (Å²) in [6.45, 7) is 4.57. The molecule has 0 saturated carbocycles. The van der Waals surface area contributed by atoms with Gasteiger partial charge >= 0.3 is 0 Å². The smallest absolute Gasteiger partial charge is 0.219 e. The number of likely N-dealkylation sites (tertiary alicyclic amines) is 1. The molecule has 2 rings (SSSR count). The number of anilines is 1. The number of aryl methyl sites for hydroxylation is 1. The molecule has 0 bridgehead atoms. The summed E-state index contributed by atoms with van der Waals surface area (Å²) in [5, 5.41) is 3.07. The fraction of sp³-hybridized carbons (Fsp3) is 0.571. The summed E-state index contributed by atoms with van der Waals surface area (Å²) in [6.07, 6.45) is 5.22. The van der Waals surface area contributed by atoms with E-state index in [0.717, 1.165) is 36.3 Å². The summed E-state index contributed by atoms with van der Waals surface area (Å²) in [4.78, 5) is 18.1. The lowest BCUT2D eigenvalue weighted by atomic mass is 9.95. The molecule has 0 aliphatic carbocycles. The van der Waals surface area contributed by atoms with Crippen molar-refractivity contribution < 1.29 is 4.79 Å². The summed E-state index contributed by atoms with van der Waals surface area (Å²) >= 11 is 0. The summed E-state index contributed by atoms with van der Waals surface area (Å²) in [5.41, 5.74) is 2.28. The van der Waals surface area contributed by atoms with E-state index in [1.165, 1.54) is 6.42 Å². The van der Waals surface area contributed by atoms with Gasteiger partial charge in [0.1, 0.15) is 5.82 Å². The number of rotatable bonds is 2. The van der Waals surface area contributed by atoms with E-state index in [9.17, 15) is 4.79 Å². The number of pyridine rings is 1. The van der Waals surface area contributed by atoms with Crippen LogP contribution in [0, 0.1) is 6.92 Å². The fourth-order valence-electron chi connectivity index (χ4n) is 2.70. The number of hydrogen-bond acceptors (Lipinski definition) is 3. The Labute approximate surface area is 108 Å². The average molecular weight is 247 g/mol. The highest BCUT2D eigenvalue weighted by Crippen LogP contribution is 2.31. The Balaban J connectivity index is 2.28. The first-order valence-electron chi connectivity index (χ1n) is 6.55. The zero-order chi connectivity index (χ0) is 13.1. The molecule has 1 fully saturated rings. The van der Waals surface area contributed by atoms with Crippen LogP contribution < -0.4 is 5.32 Å². The summed E-state index contributed by atoms with van der Waals surface area (Å²) in [5.74, 6) is 1.07. The van der Waals surface area contributed by atoms with Crippen LogP contribution in [0.25, 0.3) is 0 Å². The molecule has 98 valence electrons. The number of carbonyl (C=O) groups is 1. The van der Waals surface area contributed by atoms with Gasteiger partial charge in [0, 0.05) is 26.7 Å². The SMILES string of the molecule is CNc1ncc([C@H]2CCCCN2C(C)=O)cc1C. The average Bonchev–Trinajstić information content (AvgIpc) is 2.38. The van der Waals surface area contributed by atoms with Crippen molar-refractivity contribution in [1.82, 2.24) is 9.88 Å². The highest BCUT2D eigenvalue weighted by Gasteiger charge is 2.26. The van der Waals surface area contributed by atoms with Gasteiger partial charge in [-0.25, -0.2) is 4.98 Å². The third-order valence-corrected chi connectivity index (χ3v) is 3.63. The molecule has 4 nitrogen and oxygen atoms in total. The first kappa shape index (κ1) is 12.9. The van der Waals surface area contributed by atoms with E-state index >= 15 is 0 Å². The maximum Gasteiger partial charge on any atom is 0.219 e. The maximum absolute atomic E-state index is 11.7. The topological polar surface area (TPSA) is 45.2 Å². The van der Waals surface area contributed by atoms with Gasteiger partial charge in [-0.1, -0.05) is 0 Å². The van der Waals surface area contributed by atoms with Crippen LogP contribution in [0.15, 0.2) is 12.3 Å². The van der Waals surface area contributed by atoms with Gasteiger partial charge in [0.2, 0.25) is 5.91 Å². The van der Waals surface area contributed by atoms with Crippen LogP contribution in [-0.2, 0) is 4.79 Å². The fourth-order valence-corrected chi connectivity index (χ4v) is 2.70. The van der Waals surface area contributed by atoms with Gasteiger partial charge in [-0.15, -0.1) is 0 Å². The van der Waals surface area contributed by atoms with Crippen molar-refractivity contribution in [1.29, 1.82) is 0 Å². The van der Waals surface area contributed by atoms with Crippen LogP contribution in [0.5, 0.6) is 0 Å². The van der Waals surface area contributed by atoms with Crippen molar-refractivity contribution in [3.8, 4) is 0 Å². The van der Waals surface area contributed by atoms with Gasteiger partial charge in [0.15, 0.2) is 0 Å². The van der Waals surface area contributed by atoms with Crippen LogP contribution in [0.1, 0.15) is 43.4 Å².